The molecule has 0 fully saturated rings. The molecular formula is C26H28N4O4. The predicted octanol–water partition coefficient (Wildman–Crippen LogP) is 3.61. The van der Waals surface area contributed by atoms with Gasteiger partial charge in [-0.3, -0.25) is 14.8 Å². The van der Waals surface area contributed by atoms with Gasteiger partial charge in [-0.2, -0.15) is 5.10 Å². The highest BCUT2D eigenvalue weighted by Crippen LogP contribution is 2.20. The number of amides is 3. The Morgan fingerprint density at radius 1 is 1.03 bits per heavy atom. The van der Waals surface area contributed by atoms with Crippen LogP contribution in [0, 0.1) is 20.8 Å². The molecule has 8 heteroatoms. The molecule has 1 unspecified atom stereocenters. The smallest absolute Gasteiger partial charge is 0.331 e. The maximum Gasteiger partial charge on any atom is 0.331 e. The zero-order valence-corrected chi connectivity index (χ0v) is 19.7. The van der Waals surface area contributed by atoms with Crippen LogP contribution in [0.15, 0.2) is 60.7 Å². The molecule has 8 nitrogen and oxygen atoms in total. The van der Waals surface area contributed by atoms with E-state index in [1.807, 2.05) is 25.5 Å². The van der Waals surface area contributed by atoms with Crippen molar-refractivity contribution in [3.05, 3.63) is 94.3 Å². The van der Waals surface area contributed by atoms with E-state index >= 15 is 0 Å². The summed E-state index contributed by atoms with van der Waals surface area (Å²) >= 11 is 0. The fourth-order valence-corrected chi connectivity index (χ4v) is 3.42. The summed E-state index contributed by atoms with van der Waals surface area (Å²) in [5.74, 6) is -1.46. The minimum Gasteiger partial charge on any atom is -0.444 e. The molecular weight excluding hydrogens is 432 g/mol. The third-order valence-electron chi connectivity index (χ3n) is 5.31. The molecule has 0 aliphatic rings. The van der Waals surface area contributed by atoms with Gasteiger partial charge in [0.05, 0.1) is 12.2 Å². The molecule has 2 aromatic carbocycles. The summed E-state index contributed by atoms with van der Waals surface area (Å²) in [4.78, 5) is 36.7. The van der Waals surface area contributed by atoms with Gasteiger partial charge in [-0.1, -0.05) is 60.2 Å². The number of benzene rings is 2. The molecule has 0 aliphatic heterocycles. The molecule has 34 heavy (non-hydrogen) atoms. The highest BCUT2D eigenvalue weighted by atomic mass is 16.5. The van der Waals surface area contributed by atoms with Gasteiger partial charge in [-0.15, -0.1) is 0 Å². The zero-order chi connectivity index (χ0) is 24.7. The minimum absolute atomic E-state index is 0.448. The topological polar surface area (TPSA) is 102 Å². The van der Waals surface area contributed by atoms with E-state index in [0.717, 1.165) is 22.5 Å². The standard InChI is InChI=1S/C26H28N4O4/c1-17-10-12-20(13-11-17)16-30-19(3)22(18(2)29-30)14-15-23(31)34-24(21-8-6-5-7-9-21)25(32)28-26(33)27-4/h5-15,24H,16H2,1-4H3,(H2,27,28,32,33)/b15-14+. The minimum atomic E-state index is -1.28. The van der Waals surface area contributed by atoms with Crippen molar-refractivity contribution in [3.63, 3.8) is 0 Å². The van der Waals surface area contributed by atoms with Crippen LogP contribution in [0.4, 0.5) is 4.79 Å². The van der Waals surface area contributed by atoms with Crippen LogP contribution in [-0.4, -0.2) is 34.7 Å². The second-order valence-electron chi connectivity index (χ2n) is 7.86. The molecule has 0 spiro atoms. The van der Waals surface area contributed by atoms with Crippen LogP contribution in [0.1, 0.15) is 39.7 Å². The third-order valence-corrected chi connectivity index (χ3v) is 5.31. The van der Waals surface area contributed by atoms with Crippen molar-refractivity contribution in [2.24, 2.45) is 0 Å². The van der Waals surface area contributed by atoms with Crippen molar-refractivity contribution in [1.29, 1.82) is 0 Å². The Hall–Kier alpha value is -4.20. The van der Waals surface area contributed by atoms with E-state index < -0.39 is 24.0 Å². The first-order valence-corrected chi connectivity index (χ1v) is 10.8. The van der Waals surface area contributed by atoms with Gasteiger partial charge in [0.2, 0.25) is 6.10 Å². The van der Waals surface area contributed by atoms with Crippen LogP contribution < -0.4 is 10.6 Å². The summed E-state index contributed by atoms with van der Waals surface area (Å²) < 4.78 is 7.30. The quantitative estimate of drug-likeness (QED) is 0.414. The molecule has 3 rings (SSSR count). The Balaban J connectivity index is 1.75. The summed E-state index contributed by atoms with van der Waals surface area (Å²) in [6.45, 7) is 6.45. The largest absolute Gasteiger partial charge is 0.444 e. The van der Waals surface area contributed by atoms with Gasteiger partial charge in [-0.05, 0) is 32.4 Å². The Morgan fingerprint density at radius 2 is 1.71 bits per heavy atom. The lowest BCUT2D eigenvalue weighted by atomic mass is 10.1. The van der Waals surface area contributed by atoms with E-state index in [4.69, 9.17) is 4.74 Å². The van der Waals surface area contributed by atoms with E-state index in [1.54, 1.807) is 36.4 Å². The molecule has 0 aliphatic carbocycles. The Bertz CT molecular complexity index is 1200. The normalized spacial score (nSPS) is 11.8. The van der Waals surface area contributed by atoms with E-state index in [9.17, 15) is 14.4 Å². The number of carbonyl (C=O) groups is 3. The highest BCUT2D eigenvalue weighted by molar-refractivity contribution is 5.98. The number of rotatable bonds is 7. The maximum atomic E-state index is 12.6. The molecule has 3 aromatic rings. The van der Waals surface area contributed by atoms with E-state index in [0.29, 0.717) is 12.1 Å². The highest BCUT2D eigenvalue weighted by Gasteiger charge is 2.25. The van der Waals surface area contributed by atoms with Crippen molar-refractivity contribution < 1.29 is 19.1 Å². The monoisotopic (exact) mass is 460 g/mol. The second kappa shape index (κ2) is 11.1. The molecule has 1 atom stereocenters. The van der Waals surface area contributed by atoms with Gasteiger partial charge >= 0.3 is 12.0 Å². The lowest BCUT2D eigenvalue weighted by Crippen LogP contribution is -2.41. The Kier molecular flexibility index (Phi) is 7.97. The second-order valence-corrected chi connectivity index (χ2v) is 7.86. The average molecular weight is 461 g/mol. The molecule has 0 saturated heterocycles. The first-order valence-electron chi connectivity index (χ1n) is 10.8. The van der Waals surface area contributed by atoms with Crippen LogP contribution in [0.5, 0.6) is 0 Å². The number of esters is 1. The van der Waals surface area contributed by atoms with Gasteiger partial charge in [0.25, 0.3) is 5.91 Å². The molecule has 176 valence electrons. The average Bonchev–Trinajstić information content (AvgIpc) is 3.09. The van der Waals surface area contributed by atoms with Crippen LogP contribution in [-0.2, 0) is 20.9 Å². The predicted molar refractivity (Wildman–Crippen MR) is 129 cm³/mol. The van der Waals surface area contributed by atoms with Crippen molar-refractivity contribution in [3.8, 4) is 0 Å². The van der Waals surface area contributed by atoms with E-state index in [-0.39, 0.29) is 0 Å². The fraction of sp³-hybridized carbons (Fsp3) is 0.231. The number of nitrogens with one attached hydrogen (secondary N) is 2. The molecule has 1 aromatic heterocycles. The SMILES string of the molecule is CNC(=O)NC(=O)C(OC(=O)/C=C/c1c(C)nn(Cc2ccc(C)cc2)c1C)c1ccccc1. The van der Waals surface area contributed by atoms with Gasteiger partial charge < -0.3 is 10.1 Å². The first-order chi connectivity index (χ1) is 16.3. The number of hydrogen-bond donors (Lipinski definition) is 2. The van der Waals surface area contributed by atoms with Gasteiger partial charge in [0.1, 0.15) is 0 Å². The number of hydrogen-bond acceptors (Lipinski definition) is 5. The summed E-state index contributed by atoms with van der Waals surface area (Å²) in [7, 11) is 1.39. The van der Waals surface area contributed by atoms with Crippen molar-refractivity contribution in [1.82, 2.24) is 20.4 Å². The summed E-state index contributed by atoms with van der Waals surface area (Å²) in [5.41, 5.74) is 5.24. The maximum absolute atomic E-state index is 12.6. The third kappa shape index (κ3) is 6.19. The van der Waals surface area contributed by atoms with Crippen molar-refractivity contribution >= 4 is 24.0 Å². The lowest BCUT2D eigenvalue weighted by molar-refractivity contribution is -0.151. The number of carbonyl (C=O) groups excluding carboxylic acids is 3. The molecule has 0 saturated carbocycles. The number of ether oxygens (including phenoxy) is 1. The van der Waals surface area contributed by atoms with Crippen molar-refractivity contribution in [2.75, 3.05) is 7.05 Å². The zero-order valence-electron chi connectivity index (χ0n) is 19.7. The van der Waals surface area contributed by atoms with Gasteiger partial charge in [-0.25, -0.2) is 9.59 Å². The fourth-order valence-electron chi connectivity index (χ4n) is 3.42. The van der Waals surface area contributed by atoms with Crippen LogP contribution in [0.2, 0.25) is 0 Å². The Morgan fingerprint density at radius 3 is 2.35 bits per heavy atom. The summed E-state index contributed by atoms with van der Waals surface area (Å²) in [6.07, 6.45) is 1.61. The Labute approximate surface area is 198 Å². The lowest BCUT2D eigenvalue weighted by Gasteiger charge is -2.16. The van der Waals surface area contributed by atoms with Crippen molar-refractivity contribution in [2.45, 2.75) is 33.4 Å². The van der Waals surface area contributed by atoms with Crippen LogP contribution >= 0.6 is 0 Å². The van der Waals surface area contributed by atoms with E-state index in [1.165, 1.54) is 18.7 Å². The van der Waals surface area contributed by atoms with Gasteiger partial charge in [0.15, 0.2) is 0 Å². The summed E-state index contributed by atoms with van der Waals surface area (Å²) in [5, 5.41) is 9.04. The summed E-state index contributed by atoms with van der Waals surface area (Å²) in [6, 6.07) is 16.1. The number of aryl methyl sites for hydroxylation is 2. The van der Waals surface area contributed by atoms with E-state index in [2.05, 4.69) is 40.0 Å². The van der Waals surface area contributed by atoms with Gasteiger partial charge in [0, 0.05) is 29.9 Å². The number of aromatic nitrogens is 2. The van der Waals surface area contributed by atoms with Crippen LogP contribution in [0.25, 0.3) is 6.08 Å². The molecule has 0 radical (unpaired) electrons. The molecule has 0 bridgehead atoms. The molecule has 2 N–H and O–H groups in total. The van der Waals surface area contributed by atoms with Crippen LogP contribution in [0.3, 0.4) is 0 Å². The number of urea groups is 1. The molecule has 3 amide bonds. The molecule has 1 heterocycles. The first kappa shape index (κ1) is 24.4. The number of imide groups is 1. The number of nitrogens with zero attached hydrogens (tertiary/aromatic N) is 2.